The highest BCUT2D eigenvalue weighted by Gasteiger charge is 2.30. The highest BCUT2D eigenvalue weighted by Crippen LogP contribution is 2.08. The standard InChI is InChI=1S/C10H17N3O3/c1-5(2)8(9(11)15)13-10(16)6-3-4-7(14)12-6/h5-6,8H,3-4H2,1-2H3,(H2,11,15)(H,12,14)(H,13,16)/t6-,8-/m1/s1. The van der Waals surface area contributed by atoms with E-state index in [1.165, 1.54) is 0 Å². The summed E-state index contributed by atoms with van der Waals surface area (Å²) in [7, 11) is 0. The van der Waals surface area contributed by atoms with Crippen LogP contribution in [0.3, 0.4) is 0 Å². The summed E-state index contributed by atoms with van der Waals surface area (Å²) in [6.45, 7) is 3.59. The Balaban J connectivity index is 2.55. The zero-order valence-electron chi connectivity index (χ0n) is 9.45. The lowest BCUT2D eigenvalue weighted by molar-refractivity contribution is -0.130. The molecule has 2 atom stereocenters. The molecule has 90 valence electrons. The Labute approximate surface area is 93.9 Å². The minimum Gasteiger partial charge on any atom is -0.368 e. The third-order valence-electron chi connectivity index (χ3n) is 2.58. The molecule has 0 aromatic rings. The first kappa shape index (κ1) is 12.5. The van der Waals surface area contributed by atoms with Gasteiger partial charge in [0.25, 0.3) is 0 Å². The Morgan fingerprint density at radius 3 is 2.50 bits per heavy atom. The number of nitrogens with one attached hydrogen (secondary N) is 2. The minimum atomic E-state index is -0.690. The fraction of sp³-hybridized carbons (Fsp3) is 0.700. The molecule has 16 heavy (non-hydrogen) atoms. The Morgan fingerprint density at radius 1 is 1.50 bits per heavy atom. The molecule has 0 aromatic heterocycles. The van der Waals surface area contributed by atoms with Crippen LogP contribution in [-0.2, 0) is 14.4 Å². The average Bonchev–Trinajstić information content (AvgIpc) is 2.59. The van der Waals surface area contributed by atoms with E-state index in [1.807, 2.05) is 0 Å². The Kier molecular flexibility index (Phi) is 3.87. The predicted molar refractivity (Wildman–Crippen MR) is 57.1 cm³/mol. The zero-order chi connectivity index (χ0) is 12.3. The number of amides is 3. The molecular weight excluding hydrogens is 210 g/mol. The predicted octanol–water partition coefficient (Wildman–Crippen LogP) is -1.11. The van der Waals surface area contributed by atoms with Gasteiger partial charge in [-0.05, 0) is 12.3 Å². The molecule has 0 unspecified atom stereocenters. The SMILES string of the molecule is CC(C)[C@@H](NC(=O)[C@H]1CCC(=O)N1)C(N)=O. The maximum absolute atomic E-state index is 11.7. The number of primary amides is 1. The molecule has 1 saturated heterocycles. The number of nitrogens with two attached hydrogens (primary N) is 1. The summed E-state index contributed by atoms with van der Waals surface area (Å²) in [5.74, 6) is -1.12. The van der Waals surface area contributed by atoms with Crippen LogP contribution >= 0.6 is 0 Å². The molecule has 1 aliphatic rings. The Morgan fingerprint density at radius 2 is 2.12 bits per heavy atom. The van der Waals surface area contributed by atoms with Crippen LogP contribution in [0.5, 0.6) is 0 Å². The molecule has 4 N–H and O–H groups in total. The van der Waals surface area contributed by atoms with E-state index in [0.717, 1.165) is 0 Å². The van der Waals surface area contributed by atoms with E-state index >= 15 is 0 Å². The van der Waals surface area contributed by atoms with Crippen molar-refractivity contribution in [1.29, 1.82) is 0 Å². The van der Waals surface area contributed by atoms with E-state index in [0.29, 0.717) is 12.8 Å². The van der Waals surface area contributed by atoms with Gasteiger partial charge in [-0.15, -0.1) is 0 Å². The van der Waals surface area contributed by atoms with E-state index in [-0.39, 0.29) is 17.7 Å². The molecule has 0 saturated carbocycles. The van der Waals surface area contributed by atoms with Gasteiger partial charge in [0.05, 0.1) is 0 Å². The molecule has 0 aromatic carbocycles. The maximum Gasteiger partial charge on any atom is 0.243 e. The second kappa shape index (κ2) is 4.96. The van der Waals surface area contributed by atoms with Gasteiger partial charge in [0.2, 0.25) is 17.7 Å². The molecule has 0 bridgehead atoms. The molecule has 3 amide bonds. The van der Waals surface area contributed by atoms with Crippen LogP contribution in [0.15, 0.2) is 0 Å². The number of rotatable bonds is 4. The second-order valence-corrected chi connectivity index (χ2v) is 4.29. The summed E-state index contributed by atoms with van der Waals surface area (Å²) in [4.78, 5) is 33.7. The van der Waals surface area contributed by atoms with Gasteiger partial charge in [-0.3, -0.25) is 14.4 Å². The number of hydrogen-bond acceptors (Lipinski definition) is 3. The summed E-state index contributed by atoms with van der Waals surface area (Å²) < 4.78 is 0. The summed E-state index contributed by atoms with van der Waals surface area (Å²) in [5.41, 5.74) is 5.17. The largest absolute Gasteiger partial charge is 0.368 e. The molecule has 6 nitrogen and oxygen atoms in total. The Hall–Kier alpha value is -1.59. The van der Waals surface area contributed by atoms with E-state index in [9.17, 15) is 14.4 Å². The molecular formula is C10H17N3O3. The van der Waals surface area contributed by atoms with Gasteiger partial charge in [0.1, 0.15) is 12.1 Å². The molecule has 1 fully saturated rings. The van der Waals surface area contributed by atoms with Crippen molar-refractivity contribution in [3.8, 4) is 0 Å². The lowest BCUT2D eigenvalue weighted by Crippen LogP contribution is -2.52. The van der Waals surface area contributed by atoms with Crippen molar-refractivity contribution in [2.75, 3.05) is 0 Å². The van der Waals surface area contributed by atoms with Crippen molar-refractivity contribution >= 4 is 17.7 Å². The van der Waals surface area contributed by atoms with Crippen LogP contribution in [0.25, 0.3) is 0 Å². The van der Waals surface area contributed by atoms with E-state index in [1.54, 1.807) is 13.8 Å². The second-order valence-electron chi connectivity index (χ2n) is 4.29. The molecule has 0 aliphatic carbocycles. The third-order valence-corrected chi connectivity index (χ3v) is 2.58. The van der Waals surface area contributed by atoms with Crippen molar-refractivity contribution in [1.82, 2.24) is 10.6 Å². The molecule has 6 heteroatoms. The van der Waals surface area contributed by atoms with Gasteiger partial charge < -0.3 is 16.4 Å². The lowest BCUT2D eigenvalue weighted by atomic mass is 10.0. The average molecular weight is 227 g/mol. The van der Waals surface area contributed by atoms with Crippen molar-refractivity contribution in [3.63, 3.8) is 0 Å². The van der Waals surface area contributed by atoms with Crippen LogP contribution < -0.4 is 16.4 Å². The van der Waals surface area contributed by atoms with E-state index in [4.69, 9.17) is 5.73 Å². The normalized spacial score (nSPS) is 21.7. The molecule has 1 rings (SSSR count). The fourth-order valence-electron chi connectivity index (χ4n) is 1.63. The molecule has 0 radical (unpaired) electrons. The first-order valence-corrected chi connectivity index (χ1v) is 5.31. The molecule has 0 spiro atoms. The van der Waals surface area contributed by atoms with Crippen LogP contribution in [0.2, 0.25) is 0 Å². The van der Waals surface area contributed by atoms with Crippen LogP contribution in [-0.4, -0.2) is 29.8 Å². The van der Waals surface area contributed by atoms with E-state index in [2.05, 4.69) is 10.6 Å². The summed E-state index contributed by atoms with van der Waals surface area (Å²) in [5, 5.41) is 5.08. The highest BCUT2D eigenvalue weighted by molar-refractivity contribution is 5.93. The first-order chi connectivity index (χ1) is 7.41. The number of carbonyl (C=O) groups is 3. The highest BCUT2D eigenvalue weighted by atomic mass is 16.2. The first-order valence-electron chi connectivity index (χ1n) is 5.31. The van der Waals surface area contributed by atoms with Gasteiger partial charge >= 0.3 is 0 Å². The molecule has 1 aliphatic heterocycles. The maximum atomic E-state index is 11.7. The molecule has 1 heterocycles. The van der Waals surface area contributed by atoms with Gasteiger partial charge in [0.15, 0.2) is 0 Å². The van der Waals surface area contributed by atoms with Crippen LogP contribution in [0.4, 0.5) is 0 Å². The van der Waals surface area contributed by atoms with Crippen molar-refractivity contribution < 1.29 is 14.4 Å². The van der Waals surface area contributed by atoms with E-state index < -0.39 is 18.0 Å². The van der Waals surface area contributed by atoms with Gasteiger partial charge in [-0.2, -0.15) is 0 Å². The van der Waals surface area contributed by atoms with Gasteiger partial charge in [0, 0.05) is 6.42 Å². The summed E-state index contributed by atoms with van der Waals surface area (Å²) in [6.07, 6.45) is 0.815. The topological polar surface area (TPSA) is 101 Å². The fourth-order valence-corrected chi connectivity index (χ4v) is 1.63. The summed E-state index contributed by atoms with van der Waals surface area (Å²) in [6, 6.07) is -1.22. The zero-order valence-corrected chi connectivity index (χ0v) is 9.45. The Bertz CT molecular complexity index is 314. The van der Waals surface area contributed by atoms with Gasteiger partial charge in [-0.1, -0.05) is 13.8 Å². The number of hydrogen-bond donors (Lipinski definition) is 3. The summed E-state index contributed by atoms with van der Waals surface area (Å²) >= 11 is 0. The monoisotopic (exact) mass is 227 g/mol. The van der Waals surface area contributed by atoms with Crippen LogP contribution in [0, 0.1) is 5.92 Å². The van der Waals surface area contributed by atoms with Crippen molar-refractivity contribution in [2.45, 2.75) is 38.8 Å². The van der Waals surface area contributed by atoms with Gasteiger partial charge in [-0.25, -0.2) is 0 Å². The van der Waals surface area contributed by atoms with Crippen LogP contribution in [0.1, 0.15) is 26.7 Å². The lowest BCUT2D eigenvalue weighted by Gasteiger charge is -2.20. The minimum absolute atomic E-state index is 0.0708. The third kappa shape index (κ3) is 2.95. The quantitative estimate of drug-likeness (QED) is 0.567. The van der Waals surface area contributed by atoms with Crippen molar-refractivity contribution in [2.24, 2.45) is 11.7 Å². The number of carbonyl (C=O) groups excluding carboxylic acids is 3. The smallest absolute Gasteiger partial charge is 0.243 e. The van der Waals surface area contributed by atoms with Crippen molar-refractivity contribution in [3.05, 3.63) is 0 Å².